The smallest absolute Gasteiger partial charge is 0.245 e. The van der Waals surface area contributed by atoms with E-state index in [0.717, 1.165) is 36.3 Å². The summed E-state index contributed by atoms with van der Waals surface area (Å²) < 4.78 is 5.73. The largest absolute Gasteiger partial charge is 0.376 e. The number of fused-ring (bicyclic) bond motifs is 1. The van der Waals surface area contributed by atoms with Crippen molar-refractivity contribution >= 4 is 17.5 Å². The lowest BCUT2D eigenvalue weighted by atomic mass is 10.1. The SMILES string of the molecule is O=C1CN(CC2CCCO2)c2nc(-c3ccc(-c4ncn[nH]4)cc3)cnc2N1. The van der Waals surface area contributed by atoms with Gasteiger partial charge in [0.05, 0.1) is 24.5 Å². The number of amides is 1. The third-order valence-corrected chi connectivity index (χ3v) is 4.96. The molecule has 1 amide bonds. The number of nitrogens with zero attached hydrogens (tertiary/aromatic N) is 5. The summed E-state index contributed by atoms with van der Waals surface area (Å²) in [5.74, 6) is 1.82. The molecule has 142 valence electrons. The topological polar surface area (TPSA) is 109 Å². The zero-order valence-electron chi connectivity index (χ0n) is 15.1. The van der Waals surface area contributed by atoms with E-state index in [0.29, 0.717) is 24.0 Å². The first-order valence-electron chi connectivity index (χ1n) is 9.26. The monoisotopic (exact) mass is 377 g/mol. The van der Waals surface area contributed by atoms with Gasteiger partial charge in [0, 0.05) is 24.3 Å². The summed E-state index contributed by atoms with van der Waals surface area (Å²) in [5.41, 5.74) is 2.63. The molecule has 4 heterocycles. The number of aromatic nitrogens is 5. The summed E-state index contributed by atoms with van der Waals surface area (Å²) in [6.07, 6.45) is 5.35. The highest BCUT2D eigenvalue weighted by Crippen LogP contribution is 2.30. The number of aromatic amines is 1. The molecule has 9 heteroatoms. The van der Waals surface area contributed by atoms with Crippen molar-refractivity contribution in [2.45, 2.75) is 18.9 Å². The minimum absolute atomic E-state index is 0.0797. The van der Waals surface area contributed by atoms with Gasteiger partial charge in [0.15, 0.2) is 17.5 Å². The van der Waals surface area contributed by atoms with E-state index in [1.54, 1.807) is 6.20 Å². The number of rotatable bonds is 4. The minimum Gasteiger partial charge on any atom is -0.376 e. The quantitative estimate of drug-likeness (QED) is 0.714. The van der Waals surface area contributed by atoms with Gasteiger partial charge in [-0.15, -0.1) is 0 Å². The predicted octanol–water partition coefficient (Wildman–Crippen LogP) is 1.87. The summed E-state index contributed by atoms with van der Waals surface area (Å²) in [6.45, 7) is 1.68. The van der Waals surface area contributed by atoms with Gasteiger partial charge in [0.1, 0.15) is 6.33 Å². The molecule has 28 heavy (non-hydrogen) atoms. The van der Waals surface area contributed by atoms with Crippen LogP contribution in [0.4, 0.5) is 11.6 Å². The van der Waals surface area contributed by atoms with Crippen LogP contribution in [0, 0.1) is 0 Å². The van der Waals surface area contributed by atoms with E-state index in [9.17, 15) is 4.79 Å². The Morgan fingerprint density at radius 2 is 2.04 bits per heavy atom. The van der Waals surface area contributed by atoms with Crippen molar-refractivity contribution in [3.63, 3.8) is 0 Å². The van der Waals surface area contributed by atoms with Gasteiger partial charge in [-0.05, 0) is 12.8 Å². The van der Waals surface area contributed by atoms with Gasteiger partial charge < -0.3 is 15.0 Å². The summed E-state index contributed by atoms with van der Waals surface area (Å²) in [5, 5.41) is 9.53. The number of nitrogens with one attached hydrogen (secondary N) is 2. The van der Waals surface area contributed by atoms with Crippen LogP contribution >= 0.6 is 0 Å². The molecule has 9 nitrogen and oxygen atoms in total. The Morgan fingerprint density at radius 3 is 2.79 bits per heavy atom. The van der Waals surface area contributed by atoms with Crippen LogP contribution < -0.4 is 10.2 Å². The van der Waals surface area contributed by atoms with Crippen LogP contribution in [0.3, 0.4) is 0 Å². The highest BCUT2D eigenvalue weighted by atomic mass is 16.5. The number of carbonyl (C=O) groups excluding carboxylic acids is 1. The highest BCUT2D eigenvalue weighted by molar-refractivity contribution is 5.99. The Hall–Kier alpha value is -3.33. The van der Waals surface area contributed by atoms with Crippen LogP contribution in [0.2, 0.25) is 0 Å². The van der Waals surface area contributed by atoms with Crippen molar-refractivity contribution in [2.75, 3.05) is 29.9 Å². The molecule has 2 aromatic heterocycles. The fourth-order valence-electron chi connectivity index (χ4n) is 3.58. The highest BCUT2D eigenvalue weighted by Gasteiger charge is 2.28. The molecule has 0 bridgehead atoms. The first kappa shape index (κ1) is 16.8. The van der Waals surface area contributed by atoms with Crippen LogP contribution in [0.5, 0.6) is 0 Å². The number of hydrogen-bond acceptors (Lipinski definition) is 7. The number of benzene rings is 1. The molecular weight excluding hydrogens is 358 g/mol. The number of carbonyl (C=O) groups is 1. The molecule has 2 aliphatic heterocycles. The maximum absolute atomic E-state index is 12.0. The van der Waals surface area contributed by atoms with Crippen LogP contribution in [-0.2, 0) is 9.53 Å². The molecule has 3 aromatic rings. The third-order valence-electron chi connectivity index (χ3n) is 4.96. The van der Waals surface area contributed by atoms with Crippen molar-refractivity contribution in [3.8, 4) is 22.6 Å². The second kappa shape index (κ2) is 7.01. The molecule has 0 radical (unpaired) electrons. The van der Waals surface area contributed by atoms with Gasteiger partial charge >= 0.3 is 0 Å². The molecule has 1 atom stereocenters. The van der Waals surface area contributed by atoms with E-state index < -0.39 is 0 Å². The lowest BCUT2D eigenvalue weighted by molar-refractivity contribution is -0.115. The zero-order valence-corrected chi connectivity index (χ0v) is 15.1. The van der Waals surface area contributed by atoms with Crippen LogP contribution in [0.15, 0.2) is 36.8 Å². The van der Waals surface area contributed by atoms with Gasteiger partial charge in [-0.1, -0.05) is 24.3 Å². The van der Waals surface area contributed by atoms with Crippen molar-refractivity contribution in [2.24, 2.45) is 0 Å². The molecule has 1 fully saturated rings. The fourth-order valence-corrected chi connectivity index (χ4v) is 3.58. The Balaban J connectivity index is 1.44. The number of hydrogen-bond donors (Lipinski definition) is 2. The van der Waals surface area contributed by atoms with Gasteiger partial charge in [-0.3, -0.25) is 9.89 Å². The predicted molar refractivity (Wildman–Crippen MR) is 103 cm³/mol. The second-order valence-electron chi connectivity index (χ2n) is 6.90. The molecule has 1 unspecified atom stereocenters. The maximum Gasteiger partial charge on any atom is 0.245 e. The average Bonchev–Trinajstić information content (AvgIpc) is 3.42. The maximum atomic E-state index is 12.0. The van der Waals surface area contributed by atoms with E-state index >= 15 is 0 Å². The number of ether oxygens (including phenoxy) is 1. The second-order valence-corrected chi connectivity index (χ2v) is 6.90. The molecular formula is C19H19N7O2. The Morgan fingerprint density at radius 1 is 1.18 bits per heavy atom. The number of H-pyrrole nitrogens is 1. The lowest BCUT2D eigenvalue weighted by Gasteiger charge is -2.30. The van der Waals surface area contributed by atoms with E-state index in [1.807, 2.05) is 29.2 Å². The van der Waals surface area contributed by atoms with Gasteiger partial charge in [0.2, 0.25) is 5.91 Å². The normalized spacial score (nSPS) is 18.8. The lowest BCUT2D eigenvalue weighted by Crippen LogP contribution is -2.43. The van der Waals surface area contributed by atoms with Crippen LogP contribution in [-0.4, -0.2) is 56.9 Å². The average molecular weight is 377 g/mol. The first-order chi connectivity index (χ1) is 13.8. The molecule has 0 spiro atoms. The fraction of sp³-hybridized carbons (Fsp3) is 0.316. The minimum atomic E-state index is -0.0797. The first-order valence-corrected chi connectivity index (χ1v) is 9.26. The van der Waals surface area contributed by atoms with Gasteiger partial charge in [-0.25, -0.2) is 15.0 Å². The van der Waals surface area contributed by atoms with Crippen molar-refractivity contribution < 1.29 is 9.53 Å². The van der Waals surface area contributed by atoms with Crippen LogP contribution in [0.25, 0.3) is 22.6 Å². The van der Waals surface area contributed by atoms with E-state index in [1.165, 1.54) is 6.33 Å². The molecule has 0 aliphatic carbocycles. The summed E-state index contributed by atoms with van der Waals surface area (Å²) in [6, 6.07) is 7.87. The summed E-state index contributed by atoms with van der Waals surface area (Å²) >= 11 is 0. The standard InChI is InChI=1S/C19H19N7O2/c27-16-10-26(9-14-2-1-7-28-14)19-18(24-16)20-8-15(23-19)12-3-5-13(6-4-12)17-21-11-22-25-17/h3-6,8,11,14H,1-2,7,9-10H2,(H,20,24,27)(H,21,22,25). The Kier molecular flexibility index (Phi) is 4.21. The van der Waals surface area contributed by atoms with Crippen molar-refractivity contribution in [3.05, 3.63) is 36.8 Å². The Bertz CT molecular complexity index is 982. The summed E-state index contributed by atoms with van der Waals surface area (Å²) in [4.78, 5) is 27.4. The van der Waals surface area contributed by atoms with Gasteiger partial charge in [0.25, 0.3) is 0 Å². The van der Waals surface area contributed by atoms with Crippen LogP contribution in [0.1, 0.15) is 12.8 Å². The van der Waals surface area contributed by atoms with Crippen molar-refractivity contribution in [1.82, 2.24) is 25.1 Å². The summed E-state index contributed by atoms with van der Waals surface area (Å²) in [7, 11) is 0. The van der Waals surface area contributed by atoms with E-state index in [2.05, 4.69) is 25.5 Å². The number of anilines is 2. The molecule has 1 aromatic carbocycles. The zero-order chi connectivity index (χ0) is 18.9. The molecule has 1 saturated heterocycles. The Labute approximate surface area is 161 Å². The molecule has 5 rings (SSSR count). The van der Waals surface area contributed by atoms with E-state index in [-0.39, 0.29) is 18.6 Å². The van der Waals surface area contributed by atoms with Gasteiger partial charge in [-0.2, -0.15) is 5.10 Å². The van der Waals surface area contributed by atoms with E-state index in [4.69, 9.17) is 9.72 Å². The third kappa shape index (κ3) is 3.20. The molecule has 2 N–H and O–H groups in total. The van der Waals surface area contributed by atoms with Crippen molar-refractivity contribution in [1.29, 1.82) is 0 Å². The molecule has 2 aliphatic rings. The molecule has 0 saturated carbocycles.